The molecule has 3 rings (SSSR count). The molecule has 1 amide bonds. The van der Waals surface area contributed by atoms with Gasteiger partial charge in [-0.3, -0.25) is 0 Å². The Morgan fingerprint density at radius 1 is 1.18 bits per heavy atom. The summed E-state index contributed by atoms with van der Waals surface area (Å²) >= 11 is 1.53. The second-order valence-corrected chi connectivity index (χ2v) is 10.3. The highest BCUT2D eigenvalue weighted by Gasteiger charge is 2.32. The number of aromatic nitrogens is 2. The molecule has 1 aromatic carbocycles. The molecule has 10 heteroatoms. The zero-order valence-electron chi connectivity index (χ0n) is 19.3. The molecule has 2 heterocycles. The average Bonchev–Trinajstić information content (AvgIpc) is 2.72. The van der Waals surface area contributed by atoms with Crippen LogP contribution >= 0.6 is 11.8 Å². The molecule has 1 aliphatic heterocycles. The summed E-state index contributed by atoms with van der Waals surface area (Å²) in [6, 6.07) is 5.18. The second kappa shape index (κ2) is 9.79. The third-order valence-electron chi connectivity index (χ3n) is 5.06. The van der Waals surface area contributed by atoms with Gasteiger partial charge in [0.25, 0.3) is 0 Å². The molecular formula is C23H28F3N3O3S. The number of likely N-dealkylation sites (tertiary alicyclic amines) is 1. The highest BCUT2D eigenvalue weighted by Crippen LogP contribution is 2.38. The van der Waals surface area contributed by atoms with Crippen molar-refractivity contribution in [2.45, 2.75) is 62.6 Å². The van der Waals surface area contributed by atoms with Crippen molar-refractivity contribution in [3.63, 3.8) is 0 Å². The fourth-order valence-electron chi connectivity index (χ4n) is 3.55. The molecule has 6 nitrogen and oxygen atoms in total. The summed E-state index contributed by atoms with van der Waals surface area (Å²) in [5.41, 5.74) is 0.345. The first kappa shape index (κ1) is 25.1. The van der Waals surface area contributed by atoms with Crippen molar-refractivity contribution in [2.24, 2.45) is 0 Å². The van der Waals surface area contributed by atoms with Crippen LogP contribution in [0.5, 0.6) is 5.75 Å². The smallest absolute Gasteiger partial charge is 0.416 e. The SMILES string of the molecule is COc1cc(C(F)(F)F)ccc1-c1nnc(S[C@@H]2CCCN(C(=O)OC(C)(C)C)C2)cc1C. The number of hydrogen-bond acceptors (Lipinski definition) is 6. The van der Waals surface area contributed by atoms with Gasteiger partial charge in [-0.1, -0.05) is 11.8 Å². The summed E-state index contributed by atoms with van der Waals surface area (Å²) in [6.45, 7) is 8.56. The molecule has 1 aromatic heterocycles. The fraction of sp³-hybridized carbons (Fsp3) is 0.522. The second-order valence-electron chi connectivity index (χ2n) is 8.94. The standard InChI is InChI=1S/C23H28F3N3O3S/c1-14-11-19(33-16-7-6-10-29(13-16)21(30)32-22(2,3)4)27-28-20(14)17-9-8-15(23(24,25)26)12-18(17)31-5/h8-9,11-12,16H,6-7,10,13H2,1-5H3/t16-/m1/s1. The van der Waals surface area contributed by atoms with E-state index in [1.54, 1.807) is 4.90 Å². The Kier molecular flexibility index (Phi) is 7.45. The maximum atomic E-state index is 13.0. The van der Waals surface area contributed by atoms with E-state index in [1.807, 2.05) is 33.8 Å². The van der Waals surface area contributed by atoms with Gasteiger partial charge in [0.05, 0.1) is 18.4 Å². The van der Waals surface area contributed by atoms with Crippen molar-refractivity contribution in [2.75, 3.05) is 20.2 Å². The van der Waals surface area contributed by atoms with E-state index in [-0.39, 0.29) is 17.1 Å². The van der Waals surface area contributed by atoms with E-state index in [4.69, 9.17) is 9.47 Å². The summed E-state index contributed by atoms with van der Waals surface area (Å²) in [7, 11) is 1.32. The first-order valence-electron chi connectivity index (χ1n) is 10.6. The number of aryl methyl sites for hydroxylation is 1. The Balaban J connectivity index is 1.74. The van der Waals surface area contributed by atoms with Gasteiger partial charge in [-0.25, -0.2) is 4.79 Å². The van der Waals surface area contributed by atoms with Crippen LogP contribution in [0.25, 0.3) is 11.3 Å². The molecule has 0 spiro atoms. The van der Waals surface area contributed by atoms with Gasteiger partial charge in [-0.2, -0.15) is 13.2 Å². The minimum absolute atomic E-state index is 0.0860. The van der Waals surface area contributed by atoms with Crippen LogP contribution in [0.3, 0.4) is 0 Å². The molecule has 0 bridgehead atoms. The summed E-state index contributed by atoms with van der Waals surface area (Å²) < 4.78 is 49.8. The molecule has 1 fully saturated rings. The first-order chi connectivity index (χ1) is 15.4. The lowest BCUT2D eigenvalue weighted by molar-refractivity contribution is -0.137. The number of hydrogen-bond donors (Lipinski definition) is 0. The highest BCUT2D eigenvalue weighted by atomic mass is 32.2. The van der Waals surface area contributed by atoms with E-state index in [1.165, 1.54) is 24.9 Å². The van der Waals surface area contributed by atoms with Crippen LogP contribution in [0, 0.1) is 6.92 Å². The van der Waals surface area contributed by atoms with Crippen molar-refractivity contribution in [1.29, 1.82) is 0 Å². The Morgan fingerprint density at radius 3 is 2.52 bits per heavy atom. The van der Waals surface area contributed by atoms with Crippen LogP contribution in [-0.4, -0.2) is 52.2 Å². The molecule has 1 atom stereocenters. The molecule has 2 aromatic rings. The molecule has 180 valence electrons. The number of ether oxygens (including phenoxy) is 2. The molecular weight excluding hydrogens is 455 g/mol. The number of methoxy groups -OCH3 is 1. The number of benzene rings is 1. The number of rotatable bonds is 4. The van der Waals surface area contributed by atoms with Gasteiger partial charge in [0, 0.05) is 23.9 Å². The van der Waals surface area contributed by atoms with Crippen molar-refractivity contribution >= 4 is 17.9 Å². The maximum Gasteiger partial charge on any atom is 0.416 e. The van der Waals surface area contributed by atoms with Gasteiger partial charge in [-0.15, -0.1) is 10.2 Å². The van der Waals surface area contributed by atoms with E-state index in [0.29, 0.717) is 29.4 Å². The van der Waals surface area contributed by atoms with Crippen molar-refractivity contribution in [1.82, 2.24) is 15.1 Å². The molecule has 33 heavy (non-hydrogen) atoms. The first-order valence-corrected chi connectivity index (χ1v) is 11.5. The van der Waals surface area contributed by atoms with E-state index in [9.17, 15) is 18.0 Å². The minimum atomic E-state index is -4.46. The zero-order valence-corrected chi connectivity index (χ0v) is 20.1. The zero-order chi connectivity index (χ0) is 24.4. The lowest BCUT2D eigenvalue weighted by atomic mass is 10.0. The van der Waals surface area contributed by atoms with Gasteiger partial charge in [-0.05, 0) is 70.4 Å². The largest absolute Gasteiger partial charge is 0.496 e. The number of amides is 1. The predicted molar refractivity (Wildman–Crippen MR) is 120 cm³/mol. The monoisotopic (exact) mass is 483 g/mol. The summed E-state index contributed by atoms with van der Waals surface area (Å²) in [5.74, 6) is 0.0860. The number of thioether (sulfide) groups is 1. The van der Waals surface area contributed by atoms with Crippen LogP contribution in [0.1, 0.15) is 44.7 Å². The third kappa shape index (κ3) is 6.52. The quantitative estimate of drug-likeness (QED) is 0.534. The normalized spacial score (nSPS) is 17.1. The average molecular weight is 484 g/mol. The van der Waals surface area contributed by atoms with Gasteiger partial charge < -0.3 is 14.4 Å². The lowest BCUT2D eigenvalue weighted by Gasteiger charge is -2.33. The number of halogens is 3. The Morgan fingerprint density at radius 2 is 1.91 bits per heavy atom. The molecule has 0 radical (unpaired) electrons. The van der Waals surface area contributed by atoms with Crippen LogP contribution in [0.2, 0.25) is 0 Å². The minimum Gasteiger partial charge on any atom is -0.496 e. The molecule has 1 saturated heterocycles. The molecule has 0 N–H and O–H groups in total. The van der Waals surface area contributed by atoms with Crippen LogP contribution in [-0.2, 0) is 10.9 Å². The third-order valence-corrected chi connectivity index (χ3v) is 6.22. The number of carbonyl (C=O) groups excluding carboxylic acids is 1. The van der Waals surface area contributed by atoms with E-state index >= 15 is 0 Å². The predicted octanol–water partition coefficient (Wildman–Crippen LogP) is 5.97. The molecule has 0 aliphatic carbocycles. The van der Waals surface area contributed by atoms with Crippen LogP contribution in [0.15, 0.2) is 29.3 Å². The van der Waals surface area contributed by atoms with Crippen molar-refractivity contribution in [3.8, 4) is 17.0 Å². The van der Waals surface area contributed by atoms with E-state index in [0.717, 1.165) is 30.5 Å². The number of piperidine rings is 1. The lowest BCUT2D eigenvalue weighted by Crippen LogP contribution is -2.43. The molecule has 0 unspecified atom stereocenters. The maximum absolute atomic E-state index is 13.0. The van der Waals surface area contributed by atoms with Gasteiger partial charge in [0.1, 0.15) is 16.4 Å². The number of carbonyl (C=O) groups is 1. The Bertz CT molecular complexity index is 1010. The van der Waals surface area contributed by atoms with Crippen LogP contribution < -0.4 is 4.74 Å². The fourth-order valence-corrected chi connectivity index (χ4v) is 4.76. The van der Waals surface area contributed by atoms with Crippen molar-refractivity contribution in [3.05, 3.63) is 35.4 Å². The van der Waals surface area contributed by atoms with Gasteiger partial charge >= 0.3 is 12.3 Å². The van der Waals surface area contributed by atoms with Crippen LogP contribution in [0.4, 0.5) is 18.0 Å². The number of alkyl halides is 3. The van der Waals surface area contributed by atoms with Gasteiger partial charge in [0.15, 0.2) is 0 Å². The van der Waals surface area contributed by atoms with E-state index in [2.05, 4.69) is 10.2 Å². The topological polar surface area (TPSA) is 64.6 Å². The summed E-state index contributed by atoms with van der Waals surface area (Å²) in [6.07, 6.45) is -2.98. The Hall–Kier alpha value is -2.49. The van der Waals surface area contributed by atoms with Gasteiger partial charge in [0.2, 0.25) is 0 Å². The molecule has 1 aliphatic rings. The van der Waals surface area contributed by atoms with E-state index < -0.39 is 17.3 Å². The summed E-state index contributed by atoms with van der Waals surface area (Å²) in [4.78, 5) is 14.1. The Labute approximate surface area is 195 Å². The van der Waals surface area contributed by atoms with Crippen molar-refractivity contribution < 1.29 is 27.4 Å². The highest BCUT2D eigenvalue weighted by molar-refractivity contribution is 7.99. The number of nitrogens with zero attached hydrogens (tertiary/aromatic N) is 3. The molecule has 0 saturated carbocycles. The summed E-state index contributed by atoms with van der Waals surface area (Å²) in [5, 5.41) is 9.40.